The van der Waals surface area contributed by atoms with Crippen LogP contribution >= 0.6 is 11.3 Å². The van der Waals surface area contributed by atoms with Crippen LogP contribution in [-0.4, -0.2) is 22.6 Å². The molecule has 1 aromatic carbocycles. The third kappa shape index (κ3) is 3.63. The number of hydrogen-bond acceptors (Lipinski definition) is 6. The topological polar surface area (TPSA) is 66.5 Å². The summed E-state index contributed by atoms with van der Waals surface area (Å²) in [5, 5.41) is 1.86. The Bertz CT molecular complexity index is 1030. The van der Waals surface area contributed by atoms with Crippen LogP contribution < -0.4 is 4.74 Å². The minimum atomic E-state index is -0.386. The van der Waals surface area contributed by atoms with Gasteiger partial charge in [-0.2, -0.15) is 0 Å². The second-order valence-corrected chi connectivity index (χ2v) is 6.59. The number of carbonyl (C=O) groups is 1. The van der Waals surface area contributed by atoms with Crippen molar-refractivity contribution in [2.75, 3.05) is 7.11 Å². The first kappa shape index (κ1) is 17.1. The largest absolute Gasteiger partial charge is 0.497 e. The number of rotatable bonds is 6. The van der Waals surface area contributed by atoms with E-state index in [1.54, 1.807) is 7.11 Å². The molecule has 0 bridgehead atoms. The predicted octanol–water partition coefficient (Wildman–Crippen LogP) is 4.56. The molecule has 0 aliphatic rings. The molecule has 3 heterocycles. The van der Waals surface area contributed by atoms with E-state index in [1.807, 2.05) is 64.8 Å². The molecule has 0 aliphatic heterocycles. The molecular weight excluding hydrogens is 364 g/mol. The molecule has 0 spiro atoms. The van der Waals surface area contributed by atoms with Gasteiger partial charge in [-0.3, -0.25) is 0 Å². The van der Waals surface area contributed by atoms with E-state index in [2.05, 4.69) is 4.98 Å². The Hall–Kier alpha value is -3.32. The minimum absolute atomic E-state index is 0.0432. The van der Waals surface area contributed by atoms with Gasteiger partial charge < -0.3 is 18.5 Å². The summed E-state index contributed by atoms with van der Waals surface area (Å²) in [5.41, 5.74) is 2.17. The van der Waals surface area contributed by atoms with Crippen LogP contribution in [0.5, 0.6) is 5.75 Å². The molecule has 0 atom stereocenters. The van der Waals surface area contributed by atoms with Crippen molar-refractivity contribution in [3.05, 3.63) is 77.1 Å². The molecule has 0 radical (unpaired) electrons. The predicted molar refractivity (Wildman–Crippen MR) is 101 cm³/mol. The van der Waals surface area contributed by atoms with Crippen molar-refractivity contribution in [2.45, 2.75) is 6.61 Å². The van der Waals surface area contributed by atoms with Crippen LogP contribution in [0.25, 0.3) is 17.1 Å². The summed E-state index contributed by atoms with van der Waals surface area (Å²) in [6.45, 7) is 0.0432. The van der Waals surface area contributed by atoms with Crippen LogP contribution in [0.3, 0.4) is 0 Å². The van der Waals surface area contributed by atoms with Crippen LogP contribution in [0.4, 0.5) is 0 Å². The molecule has 0 saturated carbocycles. The zero-order chi connectivity index (χ0) is 18.6. The summed E-state index contributed by atoms with van der Waals surface area (Å²) in [6, 6.07) is 13.1. The number of ether oxygens (including phenoxy) is 2. The normalized spacial score (nSPS) is 10.7. The Kier molecular flexibility index (Phi) is 4.76. The number of oxazole rings is 1. The highest BCUT2D eigenvalue weighted by atomic mass is 32.1. The first-order valence-corrected chi connectivity index (χ1v) is 9.09. The minimum Gasteiger partial charge on any atom is -0.497 e. The van der Waals surface area contributed by atoms with Crippen LogP contribution in [0.2, 0.25) is 0 Å². The fourth-order valence-electron chi connectivity index (χ4n) is 2.60. The maximum Gasteiger partial charge on any atom is 0.350 e. The van der Waals surface area contributed by atoms with Crippen molar-refractivity contribution < 1.29 is 18.7 Å². The molecule has 6 nitrogen and oxygen atoms in total. The van der Waals surface area contributed by atoms with Crippen LogP contribution in [0.1, 0.15) is 15.4 Å². The number of aromatic nitrogens is 2. The van der Waals surface area contributed by atoms with E-state index in [4.69, 9.17) is 13.9 Å². The summed E-state index contributed by atoms with van der Waals surface area (Å²) in [5.74, 6) is 0.837. The Balaban J connectivity index is 1.43. The molecule has 0 fully saturated rings. The van der Waals surface area contributed by atoms with Crippen LogP contribution in [0, 0.1) is 0 Å². The molecule has 0 unspecified atom stereocenters. The Labute approximate surface area is 159 Å². The summed E-state index contributed by atoms with van der Waals surface area (Å²) < 4.78 is 17.9. The fraction of sp³-hybridized carbons (Fsp3) is 0.100. The summed E-state index contributed by atoms with van der Waals surface area (Å²) in [4.78, 5) is 17.4. The van der Waals surface area contributed by atoms with E-state index in [1.165, 1.54) is 17.6 Å². The number of hydrogen-bond donors (Lipinski definition) is 0. The Morgan fingerprint density at radius 2 is 1.96 bits per heavy atom. The van der Waals surface area contributed by atoms with Gasteiger partial charge >= 0.3 is 5.97 Å². The molecule has 7 heteroatoms. The molecule has 3 aromatic heterocycles. The number of nitrogens with zero attached hydrogens (tertiary/aromatic N) is 2. The molecule has 136 valence electrons. The standard InChI is InChI=1S/C20H16N2O4S/c1-24-16-6-4-14(5-7-16)19-21-15(12-25-19)13-26-20(23)18-17(8-11-27-18)22-9-2-3-10-22/h2-12H,13H2,1H3. The Morgan fingerprint density at radius 3 is 2.70 bits per heavy atom. The second-order valence-electron chi connectivity index (χ2n) is 5.67. The number of thiophene rings is 1. The van der Waals surface area contributed by atoms with Gasteiger partial charge in [0.15, 0.2) is 0 Å². The van der Waals surface area contributed by atoms with Gasteiger partial charge in [0, 0.05) is 18.0 Å². The third-order valence-electron chi connectivity index (χ3n) is 3.95. The van der Waals surface area contributed by atoms with Gasteiger partial charge in [-0.05, 0) is 47.8 Å². The molecule has 4 aromatic rings. The third-order valence-corrected chi connectivity index (χ3v) is 4.84. The quantitative estimate of drug-likeness (QED) is 0.459. The fourth-order valence-corrected chi connectivity index (χ4v) is 3.38. The van der Waals surface area contributed by atoms with Gasteiger partial charge in [0.1, 0.15) is 29.2 Å². The smallest absolute Gasteiger partial charge is 0.350 e. The molecule has 27 heavy (non-hydrogen) atoms. The van der Waals surface area contributed by atoms with Crippen molar-refractivity contribution >= 4 is 17.3 Å². The molecule has 0 aliphatic carbocycles. The van der Waals surface area contributed by atoms with Gasteiger partial charge in [0.05, 0.1) is 12.8 Å². The molecule has 4 rings (SSSR count). The number of methoxy groups -OCH3 is 1. The van der Waals surface area contributed by atoms with E-state index in [-0.39, 0.29) is 12.6 Å². The molecule has 0 saturated heterocycles. The first-order chi connectivity index (χ1) is 13.2. The van der Waals surface area contributed by atoms with Gasteiger partial charge in [-0.15, -0.1) is 11.3 Å². The summed E-state index contributed by atoms with van der Waals surface area (Å²) >= 11 is 1.35. The number of carbonyl (C=O) groups excluding carboxylic acids is 1. The van der Waals surface area contributed by atoms with Gasteiger partial charge in [0.25, 0.3) is 0 Å². The van der Waals surface area contributed by atoms with Gasteiger partial charge in [-0.25, -0.2) is 9.78 Å². The summed E-state index contributed by atoms with van der Waals surface area (Å²) in [6.07, 6.45) is 5.27. The second kappa shape index (κ2) is 7.51. The zero-order valence-corrected chi connectivity index (χ0v) is 15.3. The number of esters is 1. The lowest BCUT2D eigenvalue weighted by atomic mass is 10.2. The highest BCUT2D eigenvalue weighted by Crippen LogP contribution is 2.24. The first-order valence-electron chi connectivity index (χ1n) is 8.21. The lowest BCUT2D eigenvalue weighted by molar-refractivity contribution is 0.0473. The van der Waals surface area contributed by atoms with E-state index < -0.39 is 0 Å². The van der Waals surface area contributed by atoms with Gasteiger partial charge in [0.2, 0.25) is 5.89 Å². The SMILES string of the molecule is COc1ccc(-c2nc(COC(=O)c3sccc3-n3cccc3)co2)cc1. The zero-order valence-electron chi connectivity index (χ0n) is 14.5. The highest BCUT2D eigenvalue weighted by molar-refractivity contribution is 7.12. The molecule has 0 amide bonds. The highest BCUT2D eigenvalue weighted by Gasteiger charge is 2.17. The van der Waals surface area contributed by atoms with Crippen molar-refractivity contribution in [2.24, 2.45) is 0 Å². The average Bonchev–Trinajstić information content (AvgIpc) is 3.47. The lowest BCUT2D eigenvalue weighted by Gasteiger charge is -2.05. The van der Waals surface area contributed by atoms with Crippen molar-refractivity contribution in [3.63, 3.8) is 0 Å². The van der Waals surface area contributed by atoms with Gasteiger partial charge in [-0.1, -0.05) is 0 Å². The van der Waals surface area contributed by atoms with Crippen molar-refractivity contribution in [1.29, 1.82) is 0 Å². The van der Waals surface area contributed by atoms with E-state index in [0.717, 1.165) is 17.0 Å². The Morgan fingerprint density at radius 1 is 1.19 bits per heavy atom. The van der Waals surface area contributed by atoms with Crippen molar-refractivity contribution in [3.8, 4) is 22.9 Å². The average molecular weight is 380 g/mol. The lowest BCUT2D eigenvalue weighted by Crippen LogP contribution is -2.06. The molecule has 0 N–H and O–H groups in total. The van der Waals surface area contributed by atoms with Crippen LogP contribution in [0.15, 0.2) is 70.9 Å². The van der Waals surface area contributed by atoms with E-state index in [0.29, 0.717) is 16.5 Å². The van der Waals surface area contributed by atoms with Crippen LogP contribution in [-0.2, 0) is 11.3 Å². The van der Waals surface area contributed by atoms with E-state index in [9.17, 15) is 4.79 Å². The summed E-state index contributed by atoms with van der Waals surface area (Å²) in [7, 11) is 1.61. The molecular formula is C20H16N2O4S. The van der Waals surface area contributed by atoms with Crippen molar-refractivity contribution in [1.82, 2.24) is 9.55 Å². The van der Waals surface area contributed by atoms with E-state index >= 15 is 0 Å². The maximum atomic E-state index is 12.4. The maximum absolute atomic E-state index is 12.4. The number of benzene rings is 1. The monoisotopic (exact) mass is 380 g/mol.